The molecule has 0 bridgehead atoms. The molecule has 0 aliphatic carbocycles. The van der Waals surface area contributed by atoms with Crippen molar-refractivity contribution in [2.45, 2.75) is 9.71 Å². The molecule has 4 rings (SSSR count). The van der Waals surface area contributed by atoms with Gasteiger partial charge in [-0.15, -0.1) is 23.1 Å². The number of hydrazine groups is 1. The third kappa shape index (κ3) is 4.02. The summed E-state index contributed by atoms with van der Waals surface area (Å²) >= 11 is 11.0. The van der Waals surface area contributed by atoms with Crippen LogP contribution in [0.4, 0.5) is 0 Å². The van der Waals surface area contributed by atoms with E-state index in [0.29, 0.717) is 17.3 Å². The third-order valence-electron chi connectivity index (χ3n) is 3.91. The highest BCUT2D eigenvalue weighted by Crippen LogP contribution is 2.37. The van der Waals surface area contributed by atoms with Crippen LogP contribution in [0, 0.1) is 0 Å². The normalized spacial score (nSPS) is 17.3. The number of rotatable bonds is 6. The Kier molecular flexibility index (Phi) is 5.71. The summed E-state index contributed by atoms with van der Waals surface area (Å²) in [5.74, 6) is 1.45. The van der Waals surface area contributed by atoms with Crippen LogP contribution in [0.15, 0.2) is 52.9 Å². The fraction of sp³-hybridized carbons (Fsp3) is 0.222. The minimum atomic E-state index is -0.00721. The smallest absolute Gasteiger partial charge is 0.248 e. The van der Waals surface area contributed by atoms with E-state index in [2.05, 4.69) is 16.5 Å². The average molecular weight is 422 g/mol. The molecule has 3 aromatic rings. The first-order valence-electron chi connectivity index (χ1n) is 8.12. The van der Waals surface area contributed by atoms with Gasteiger partial charge >= 0.3 is 0 Å². The van der Waals surface area contributed by atoms with Crippen LogP contribution >= 0.6 is 46.5 Å². The summed E-state index contributed by atoms with van der Waals surface area (Å²) in [5, 5.41) is 2.44. The molecule has 8 heteroatoms. The first kappa shape index (κ1) is 18.1. The molecule has 26 heavy (non-hydrogen) atoms. The Balaban J connectivity index is 1.33. The number of hydrogen-bond donors (Lipinski definition) is 1. The van der Waals surface area contributed by atoms with Crippen molar-refractivity contribution in [2.24, 2.45) is 0 Å². The van der Waals surface area contributed by atoms with Crippen molar-refractivity contribution in [3.05, 3.63) is 59.1 Å². The number of thioether (sulfide) groups is 2. The Bertz CT molecular complexity index is 882. The highest BCUT2D eigenvalue weighted by atomic mass is 35.5. The minimum absolute atomic E-state index is 0.00721. The van der Waals surface area contributed by atoms with Gasteiger partial charge in [0.25, 0.3) is 0 Å². The predicted octanol–water partition coefficient (Wildman–Crippen LogP) is 4.82. The van der Waals surface area contributed by atoms with Crippen molar-refractivity contribution in [1.82, 2.24) is 15.4 Å². The second-order valence-electron chi connectivity index (χ2n) is 5.68. The van der Waals surface area contributed by atoms with E-state index in [0.717, 1.165) is 21.2 Å². The molecule has 1 aliphatic rings. The second kappa shape index (κ2) is 8.19. The van der Waals surface area contributed by atoms with Crippen molar-refractivity contribution in [3.63, 3.8) is 0 Å². The number of thiazole rings is 1. The number of halogens is 1. The second-order valence-corrected chi connectivity index (χ2v) is 9.56. The standard InChI is InChI=1S/C18H16ClN3OS3/c19-13-7-5-12(6-8-13)17-22(16(23)11-25-17)20-9-10-24-18-21-14-3-1-2-4-15(14)26-18/h1-8,17,20H,9-11H2. The molecule has 1 saturated heterocycles. The van der Waals surface area contributed by atoms with E-state index >= 15 is 0 Å². The molecule has 1 aromatic heterocycles. The first-order valence-corrected chi connectivity index (χ1v) is 11.3. The molecule has 4 nitrogen and oxygen atoms in total. The first-order chi connectivity index (χ1) is 12.7. The van der Waals surface area contributed by atoms with E-state index in [1.54, 1.807) is 39.9 Å². The number of aromatic nitrogens is 1. The van der Waals surface area contributed by atoms with E-state index in [4.69, 9.17) is 11.6 Å². The molecule has 0 saturated carbocycles. The van der Waals surface area contributed by atoms with E-state index in [9.17, 15) is 4.79 Å². The maximum absolute atomic E-state index is 12.2. The van der Waals surface area contributed by atoms with Gasteiger partial charge in [-0.3, -0.25) is 9.80 Å². The van der Waals surface area contributed by atoms with Crippen molar-refractivity contribution in [1.29, 1.82) is 0 Å². The molecule has 0 spiro atoms. The molecule has 1 aliphatic heterocycles. The Hall–Kier alpha value is -1.25. The predicted molar refractivity (Wildman–Crippen MR) is 112 cm³/mol. The van der Waals surface area contributed by atoms with Crippen LogP contribution in [-0.4, -0.2) is 34.0 Å². The Morgan fingerprint density at radius 2 is 2.04 bits per heavy atom. The summed E-state index contributed by atoms with van der Waals surface area (Å²) in [6.45, 7) is 0.705. The van der Waals surface area contributed by atoms with Gasteiger partial charge in [-0.25, -0.2) is 10.4 Å². The van der Waals surface area contributed by atoms with Crippen molar-refractivity contribution < 1.29 is 4.79 Å². The molecular weight excluding hydrogens is 406 g/mol. The van der Waals surface area contributed by atoms with E-state index in [1.165, 1.54) is 4.70 Å². The van der Waals surface area contributed by atoms with Gasteiger partial charge < -0.3 is 0 Å². The van der Waals surface area contributed by atoms with Crippen molar-refractivity contribution in [2.75, 3.05) is 18.1 Å². The van der Waals surface area contributed by atoms with Crippen LogP contribution in [-0.2, 0) is 4.79 Å². The van der Waals surface area contributed by atoms with Crippen LogP contribution in [0.2, 0.25) is 5.02 Å². The van der Waals surface area contributed by atoms with Crippen LogP contribution in [0.5, 0.6) is 0 Å². The van der Waals surface area contributed by atoms with Gasteiger partial charge in [0, 0.05) is 17.3 Å². The zero-order valence-corrected chi connectivity index (χ0v) is 16.9. The lowest BCUT2D eigenvalue weighted by molar-refractivity contribution is -0.131. The Morgan fingerprint density at radius 3 is 2.85 bits per heavy atom. The molecule has 1 N–H and O–H groups in total. The SMILES string of the molecule is O=C1CSC(c2ccc(Cl)cc2)N1NCCSc1nc2ccccc2s1. The summed E-state index contributed by atoms with van der Waals surface area (Å²) in [6.07, 6.45) is 0. The van der Waals surface area contributed by atoms with Gasteiger partial charge in [0.05, 0.1) is 16.0 Å². The van der Waals surface area contributed by atoms with Gasteiger partial charge in [-0.2, -0.15) is 0 Å². The molecule has 2 heterocycles. The molecule has 1 atom stereocenters. The van der Waals surface area contributed by atoms with E-state index in [-0.39, 0.29) is 11.3 Å². The summed E-state index contributed by atoms with van der Waals surface area (Å²) < 4.78 is 2.27. The van der Waals surface area contributed by atoms with Gasteiger partial charge in [-0.1, -0.05) is 47.6 Å². The fourth-order valence-electron chi connectivity index (χ4n) is 2.69. The molecule has 1 fully saturated rings. The monoisotopic (exact) mass is 421 g/mol. The summed E-state index contributed by atoms with van der Waals surface area (Å²) in [6, 6.07) is 15.8. The number of nitrogens with zero attached hydrogens (tertiary/aromatic N) is 2. The lowest BCUT2D eigenvalue weighted by atomic mass is 10.2. The average Bonchev–Trinajstić information content (AvgIpc) is 3.23. The third-order valence-corrected chi connectivity index (χ3v) is 7.55. The van der Waals surface area contributed by atoms with Gasteiger partial charge in [0.1, 0.15) is 5.37 Å². The molecular formula is C18H16ClN3OS3. The number of hydrogen-bond acceptors (Lipinski definition) is 6. The molecule has 1 unspecified atom stereocenters. The van der Waals surface area contributed by atoms with Crippen molar-refractivity contribution >= 4 is 62.6 Å². The summed E-state index contributed by atoms with van der Waals surface area (Å²) in [4.78, 5) is 16.8. The van der Waals surface area contributed by atoms with Gasteiger partial charge in [0.2, 0.25) is 5.91 Å². The fourth-order valence-corrected chi connectivity index (χ4v) is 5.93. The van der Waals surface area contributed by atoms with E-state index < -0.39 is 0 Å². The molecule has 134 valence electrons. The number of amides is 1. The zero-order chi connectivity index (χ0) is 17.9. The van der Waals surface area contributed by atoms with Gasteiger partial charge in [-0.05, 0) is 29.8 Å². The number of benzene rings is 2. The topological polar surface area (TPSA) is 45.2 Å². The lowest BCUT2D eigenvalue weighted by Gasteiger charge is -2.24. The summed E-state index contributed by atoms with van der Waals surface area (Å²) in [7, 11) is 0. The minimum Gasteiger partial charge on any atom is -0.272 e. The highest BCUT2D eigenvalue weighted by Gasteiger charge is 2.32. The summed E-state index contributed by atoms with van der Waals surface area (Å²) in [5.41, 5.74) is 5.41. The van der Waals surface area contributed by atoms with Gasteiger partial charge in [0.15, 0.2) is 4.34 Å². The highest BCUT2D eigenvalue weighted by molar-refractivity contribution is 8.01. The molecule has 1 amide bonds. The Morgan fingerprint density at radius 1 is 1.23 bits per heavy atom. The maximum Gasteiger partial charge on any atom is 0.248 e. The number of para-hydroxylation sites is 1. The van der Waals surface area contributed by atoms with Crippen LogP contribution in [0.25, 0.3) is 10.2 Å². The van der Waals surface area contributed by atoms with Crippen LogP contribution < -0.4 is 5.43 Å². The number of carbonyl (C=O) groups excluding carboxylic acids is 1. The van der Waals surface area contributed by atoms with Crippen molar-refractivity contribution in [3.8, 4) is 0 Å². The molecule has 0 radical (unpaired) electrons. The molecule has 2 aromatic carbocycles. The largest absolute Gasteiger partial charge is 0.272 e. The number of carbonyl (C=O) groups is 1. The van der Waals surface area contributed by atoms with Crippen LogP contribution in [0.1, 0.15) is 10.9 Å². The number of fused-ring (bicyclic) bond motifs is 1. The van der Waals surface area contributed by atoms with E-state index in [1.807, 2.05) is 42.5 Å². The quantitative estimate of drug-likeness (QED) is 0.456. The zero-order valence-electron chi connectivity index (χ0n) is 13.7. The number of nitrogens with one attached hydrogen (secondary N) is 1. The lowest BCUT2D eigenvalue weighted by Crippen LogP contribution is -2.42. The Labute approximate surface area is 169 Å². The van der Waals surface area contributed by atoms with Crippen LogP contribution in [0.3, 0.4) is 0 Å². The maximum atomic E-state index is 12.2.